The van der Waals surface area contributed by atoms with Crippen LogP contribution in [0.3, 0.4) is 0 Å². The maximum Gasteiger partial charge on any atom is 0.228 e. The first kappa shape index (κ1) is 17.7. The summed E-state index contributed by atoms with van der Waals surface area (Å²) in [6.45, 7) is 4.00. The molecule has 5 heteroatoms. The van der Waals surface area contributed by atoms with Crippen molar-refractivity contribution in [2.24, 2.45) is 0 Å². The van der Waals surface area contributed by atoms with Crippen LogP contribution >= 0.6 is 0 Å². The van der Waals surface area contributed by atoms with Gasteiger partial charge in [0.05, 0.1) is 27.8 Å². The molecule has 0 saturated carbocycles. The third kappa shape index (κ3) is 3.62. The lowest BCUT2D eigenvalue weighted by molar-refractivity contribution is -0.115. The van der Waals surface area contributed by atoms with Crippen molar-refractivity contribution in [2.75, 3.05) is 26.6 Å². The monoisotopic (exact) mass is 329 g/mol. The highest BCUT2D eigenvalue weighted by Crippen LogP contribution is 2.40. The molecule has 0 unspecified atom stereocenters. The Labute approximate surface area is 142 Å². The van der Waals surface area contributed by atoms with Gasteiger partial charge in [-0.25, -0.2) is 0 Å². The fourth-order valence-electron chi connectivity index (χ4n) is 2.56. The molecule has 0 bridgehead atoms. The minimum Gasteiger partial charge on any atom is -0.493 e. The van der Waals surface area contributed by atoms with E-state index in [9.17, 15) is 4.79 Å². The second-order valence-electron chi connectivity index (χ2n) is 5.47. The van der Waals surface area contributed by atoms with Crippen molar-refractivity contribution in [3.05, 3.63) is 47.0 Å². The molecule has 0 aliphatic rings. The normalized spacial score (nSPS) is 10.2. The minimum absolute atomic E-state index is 0.116. The van der Waals surface area contributed by atoms with E-state index in [2.05, 4.69) is 5.32 Å². The van der Waals surface area contributed by atoms with Gasteiger partial charge in [0.1, 0.15) is 0 Å². The number of hydrogen-bond acceptors (Lipinski definition) is 4. The van der Waals surface area contributed by atoms with Gasteiger partial charge >= 0.3 is 0 Å². The van der Waals surface area contributed by atoms with Crippen LogP contribution in [0.4, 0.5) is 5.69 Å². The predicted molar refractivity (Wildman–Crippen MR) is 94.3 cm³/mol. The Hall–Kier alpha value is -2.69. The van der Waals surface area contributed by atoms with Gasteiger partial charge in [0.15, 0.2) is 11.5 Å². The fraction of sp³-hybridized carbons (Fsp3) is 0.316. The van der Waals surface area contributed by atoms with Crippen LogP contribution in [0.5, 0.6) is 17.2 Å². The highest BCUT2D eigenvalue weighted by atomic mass is 16.5. The van der Waals surface area contributed by atoms with Crippen LogP contribution in [0.2, 0.25) is 0 Å². The SMILES string of the molecule is COc1ccc(CC(=O)Nc2cccc(C)c2C)c(OC)c1OC. The van der Waals surface area contributed by atoms with Gasteiger partial charge in [0.2, 0.25) is 11.7 Å². The van der Waals surface area contributed by atoms with Gasteiger partial charge < -0.3 is 19.5 Å². The summed E-state index contributed by atoms with van der Waals surface area (Å²) in [5, 5.41) is 2.95. The number of aryl methyl sites for hydroxylation is 1. The molecule has 2 aromatic rings. The molecule has 0 heterocycles. The number of ether oxygens (including phenoxy) is 3. The number of amides is 1. The molecule has 0 fully saturated rings. The van der Waals surface area contributed by atoms with E-state index in [0.29, 0.717) is 17.2 Å². The molecule has 1 N–H and O–H groups in total. The summed E-state index contributed by atoms with van der Waals surface area (Å²) in [5.74, 6) is 1.44. The van der Waals surface area contributed by atoms with Crippen molar-refractivity contribution < 1.29 is 19.0 Å². The van der Waals surface area contributed by atoms with Crippen LogP contribution in [0.1, 0.15) is 16.7 Å². The summed E-state index contributed by atoms with van der Waals surface area (Å²) in [6.07, 6.45) is 0.177. The average Bonchev–Trinajstić information content (AvgIpc) is 2.58. The first-order chi connectivity index (χ1) is 11.5. The number of hydrogen-bond donors (Lipinski definition) is 1. The minimum atomic E-state index is -0.116. The Morgan fingerprint density at radius 2 is 1.67 bits per heavy atom. The molecular weight excluding hydrogens is 306 g/mol. The summed E-state index contributed by atoms with van der Waals surface area (Å²) >= 11 is 0. The fourth-order valence-corrected chi connectivity index (χ4v) is 2.56. The van der Waals surface area contributed by atoms with E-state index in [1.165, 1.54) is 0 Å². The molecule has 0 atom stereocenters. The zero-order valence-corrected chi connectivity index (χ0v) is 14.7. The standard InChI is InChI=1S/C19H23NO4/c1-12-7-6-8-15(13(12)2)20-17(21)11-14-9-10-16(22-3)19(24-5)18(14)23-4/h6-10H,11H2,1-5H3,(H,20,21). The summed E-state index contributed by atoms with van der Waals surface area (Å²) in [6, 6.07) is 9.41. The van der Waals surface area contributed by atoms with Gasteiger partial charge in [0.25, 0.3) is 0 Å². The molecule has 0 radical (unpaired) electrons. The van der Waals surface area contributed by atoms with Crippen molar-refractivity contribution >= 4 is 11.6 Å². The molecule has 0 saturated heterocycles. The van der Waals surface area contributed by atoms with Crippen LogP contribution in [-0.2, 0) is 11.2 Å². The first-order valence-corrected chi connectivity index (χ1v) is 7.65. The predicted octanol–water partition coefficient (Wildman–Crippen LogP) is 3.51. The van der Waals surface area contributed by atoms with Crippen molar-refractivity contribution in [2.45, 2.75) is 20.3 Å². The quantitative estimate of drug-likeness (QED) is 0.881. The van der Waals surface area contributed by atoms with E-state index in [1.807, 2.05) is 38.1 Å². The Balaban J connectivity index is 2.24. The van der Waals surface area contributed by atoms with E-state index in [-0.39, 0.29) is 12.3 Å². The third-order valence-corrected chi connectivity index (χ3v) is 4.02. The number of rotatable bonds is 6. The number of nitrogens with one attached hydrogen (secondary N) is 1. The molecule has 2 aromatic carbocycles. The zero-order valence-electron chi connectivity index (χ0n) is 14.7. The zero-order chi connectivity index (χ0) is 17.7. The summed E-state index contributed by atoms with van der Waals surface area (Å²) in [4.78, 5) is 12.4. The molecular formula is C19H23NO4. The molecule has 0 aromatic heterocycles. The van der Waals surface area contributed by atoms with Gasteiger partial charge in [-0.1, -0.05) is 18.2 Å². The van der Waals surface area contributed by atoms with E-state index in [0.717, 1.165) is 22.4 Å². The molecule has 0 aliphatic carbocycles. The topological polar surface area (TPSA) is 56.8 Å². The summed E-state index contributed by atoms with van der Waals surface area (Å²) < 4.78 is 16.0. The lowest BCUT2D eigenvalue weighted by atomic mass is 10.1. The number of carbonyl (C=O) groups is 1. The molecule has 0 spiro atoms. The maximum absolute atomic E-state index is 12.4. The van der Waals surface area contributed by atoms with E-state index in [4.69, 9.17) is 14.2 Å². The number of carbonyl (C=O) groups excluding carboxylic acids is 1. The smallest absolute Gasteiger partial charge is 0.228 e. The first-order valence-electron chi connectivity index (χ1n) is 7.65. The second-order valence-corrected chi connectivity index (χ2v) is 5.47. The van der Waals surface area contributed by atoms with Gasteiger partial charge in [0, 0.05) is 11.3 Å². The lowest BCUT2D eigenvalue weighted by Gasteiger charge is -2.16. The molecule has 128 valence electrons. The Kier molecular flexibility index (Phi) is 5.68. The highest BCUT2D eigenvalue weighted by molar-refractivity contribution is 5.93. The van der Waals surface area contributed by atoms with Crippen molar-refractivity contribution in [3.63, 3.8) is 0 Å². The van der Waals surface area contributed by atoms with Crippen molar-refractivity contribution in [1.82, 2.24) is 0 Å². The largest absolute Gasteiger partial charge is 0.493 e. The van der Waals surface area contributed by atoms with E-state index in [1.54, 1.807) is 27.4 Å². The van der Waals surface area contributed by atoms with Crippen molar-refractivity contribution in [1.29, 1.82) is 0 Å². The van der Waals surface area contributed by atoms with Crippen LogP contribution in [0.15, 0.2) is 30.3 Å². The van der Waals surface area contributed by atoms with Crippen LogP contribution < -0.4 is 19.5 Å². The summed E-state index contributed by atoms with van der Waals surface area (Å²) in [7, 11) is 4.65. The van der Waals surface area contributed by atoms with Crippen LogP contribution in [0, 0.1) is 13.8 Å². The summed E-state index contributed by atoms with van der Waals surface area (Å²) in [5.41, 5.74) is 3.75. The van der Waals surface area contributed by atoms with E-state index < -0.39 is 0 Å². The third-order valence-electron chi connectivity index (χ3n) is 4.02. The maximum atomic E-state index is 12.4. The van der Waals surface area contributed by atoms with Crippen LogP contribution in [-0.4, -0.2) is 27.2 Å². The van der Waals surface area contributed by atoms with Gasteiger partial charge in [-0.15, -0.1) is 0 Å². The molecule has 2 rings (SSSR count). The molecule has 24 heavy (non-hydrogen) atoms. The van der Waals surface area contributed by atoms with Gasteiger partial charge in [-0.3, -0.25) is 4.79 Å². The van der Waals surface area contributed by atoms with Gasteiger partial charge in [-0.2, -0.15) is 0 Å². The molecule has 0 aliphatic heterocycles. The molecule has 1 amide bonds. The number of methoxy groups -OCH3 is 3. The number of benzene rings is 2. The Morgan fingerprint density at radius 1 is 0.958 bits per heavy atom. The van der Waals surface area contributed by atoms with Crippen molar-refractivity contribution in [3.8, 4) is 17.2 Å². The Bertz CT molecular complexity index is 740. The van der Waals surface area contributed by atoms with Crippen LogP contribution in [0.25, 0.3) is 0 Å². The molecule has 5 nitrogen and oxygen atoms in total. The lowest BCUT2D eigenvalue weighted by Crippen LogP contribution is -2.16. The average molecular weight is 329 g/mol. The van der Waals surface area contributed by atoms with Gasteiger partial charge in [-0.05, 0) is 37.1 Å². The second kappa shape index (κ2) is 7.73. The highest BCUT2D eigenvalue weighted by Gasteiger charge is 2.18. The number of anilines is 1. The Morgan fingerprint density at radius 3 is 2.29 bits per heavy atom. The van der Waals surface area contributed by atoms with E-state index >= 15 is 0 Å².